The van der Waals surface area contributed by atoms with Gasteiger partial charge in [0.25, 0.3) is 5.91 Å². The lowest BCUT2D eigenvalue weighted by molar-refractivity contribution is -0.130. The molecule has 0 saturated heterocycles. The summed E-state index contributed by atoms with van der Waals surface area (Å²) in [6.07, 6.45) is 0. The third-order valence-corrected chi connectivity index (χ3v) is 4.25. The van der Waals surface area contributed by atoms with E-state index in [9.17, 15) is 18.8 Å². The minimum absolute atomic E-state index is 0.208. The van der Waals surface area contributed by atoms with Gasteiger partial charge in [0.05, 0.1) is 0 Å². The van der Waals surface area contributed by atoms with Gasteiger partial charge in [-0.3, -0.25) is 9.59 Å². The summed E-state index contributed by atoms with van der Waals surface area (Å²) in [5.41, 5.74) is 0. The third kappa shape index (κ3) is 4.29. The highest BCUT2D eigenvalue weighted by molar-refractivity contribution is 7.20. The normalized spacial score (nSPS) is 11.8. The van der Waals surface area contributed by atoms with E-state index in [-0.39, 0.29) is 10.8 Å². The Labute approximate surface area is 142 Å². The van der Waals surface area contributed by atoms with Gasteiger partial charge in [0.1, 0.15) is 16.7 Å². The van der Waals surface area contributed by atoms with Crippen molar-refractivity contribution >= 4 is 39.2 Å². The highest BCUT2D eigenvalue weighted by Crippen LogP contribution is 2.27. The monoisotopic (exact) mass is 352 g/mol. The molecule has 0 aliphatic heterocycles. The lowest BCUT2D eigenvalue weighted by atomic mass is 10.2. The van der Waals surface area contributed by atoms with E-state index in [1.54, 1.807) is 19.1 Å². The van der Waals surface area contributed by atoms with Gasteiger partial charge in [-0.1, -0.05) is 6.07 Å². The van der Waals surface area contributed by atoms with Crippen molar-refractivity contribution < 1.29 is 23.5 Å². The SMILES string of the molecule is CCNC(=O)[C@@H](C)NC(=O)COC(=O)c1cc2c(F)cccc2s1. The van der Waals surface area contributed by atoms with Crippen LogP contribution < -0.4 is 10.6 Å². The van der Waals surface area contributed by atoms with Crippen molar-refractivity contribution in [1.29, 1.82) is 0 Å². The topological polar surface area (TPSA) is 84.5 Å². The molecule has 1 aromatic carbocycles. The summed E-state index contributed by atoms with van der Waals surface area (Å²) in [6.45, 7) is 3.23. The third-order valence-electron chi connectivity index (χ3n) is 3.17. The number of thiophene rings is 1. The van der Waals surface area contributed by atoms with E-state index >= 15 is 0 Å². The standard InChI is InChI=1S/C16H17FN2O4S/c1-3-18-15(21)9(2)19-14(20)8-23-16(22)13-7-10-11(17)5-4-6-12(10)24-13/h4-7,9H,3,8H2,1-2H3,(H,18,21)(H,19,20)/t9-/m1/s1. The Hall–Kier alpha value is -2.48. The van der Waals surface area contributed by atoms with Crippen LogP contribution in [0.1, 0.15) is 23.5 Å². The molecule has 8 heteroatoms. The number of hydrogen-bond donors (Lipinski definition) is 2. The summed E-state index contributed by atoms with van der Waals surface area (Å²) < 4.78 is 19.1. The molecule has 128 valence electrons. The molecule has 1 heterocycles. The molecule has 0 bridgehead atoms. The maximum Gasteiger partial charge on any atom is 0.348 e. The molecule has 2 rings (SSSR count). The second-order valence-corrected chi connectivity index (χ2v) is 6.11. The molecule has 0 fully saturated rings. The van der Waals surface area contributed by atoms with Crippen LogP contribution in [0.15, 0.2) is 24.3 Å². The van der Waals surface area contributed by atoms with Crippen molar-refractivity contribution in [2.45, 2.75) is 19.9 Å². The smallest absolute Gasteiger partial charge is 0.348 e. The zero-order valence-corrected chi connectivity index (χ0v) is 14.0. The van der Waals surface area contributed by atoms with E-state index in [4.69, 9.17) is 4.74 Å². The summed E-state index contributed by atoms with van der Waals surface area (Å²) in [4.78, 5) is 35.4. The molecule has 6 nitrogen and oxygen atoms in total. The van der Waals surface area contributed by atoms with E-state index < -0.39 is 30.3 Å². The first kappa shape index (κ1) is 17.9. The maximum absolute atomic E-state index is 13.6. The molecule has 2 amide bonds. The second-order valence-electron chi connectivity index (χ2n) is 5.02. The first-order valence-electron chi connectivity index (χ1n) is 7.34. The molecule has 0 unspecified atom stereocenters. The lowest BCUT2D eigenvalue weighted by Gasteiger charge is -2.13. The summed E-state index contributed by atoms with van der Waals surface area (Å²) in [7, 11) is 0. The van der Waals surface area contributed by atoms with Gasteiger partial charge in [0, 0.05) is 16.6 Å². The molecule has 0 aliphatic carbocycles. The predicted molar refractivity (Wildman–Crippen MR) is 88.4 cm³/mol. The first-order chi connectivity index (χ1) is 11.4. The summed E-state index contributed by atoms with van der Waals surface area (Å²) in [5, 5.41) is 5.33. The molecule has 2 N–H and O–H groups in total. The average molecular weight is 352 g/mol. The number of carbonyl (C=O) groups excluding carboxylic acids is 3. The Balaban J connectivity index is 1.91. The largest absolute Gasteiger partial charge is 0.451 e. The van der Waals surface area contributed by atoms with Crippen molar-refractivity contribution in [3.8, 4) is 0 Å². The fourth-order valence-electron chi connectivity index (χ4n) is 2.00. The predicted octanol–water partition coefficient (Wildman–Crippen LogP) is 1.84. The van der Waals surface area contributed by atoms with E-state index in [2.05, 4.69) is 10.6 Å². The molecule has 0 saturated carbocycles. The second kappa shape index (κ2) is 7.87. The molecule has 1 atom stereocenters. The number of fused-ring (bicyclic) bond motifs is 1. The average Bonchev–Trinajstić information content (AvgIpc) is 2.98. The van der Waals surface area contributed by atoms with Crippen LogP contribution in [0.3, 0.4) is 0 Å². The molecule has 1 aromatic heterocycles. The Kier molecular flexibility index (Phi) is 5.86. The van der Waals surface area contributed by atoms with Crippen LogP contribution in [0.2, 0.25) is 0 Å². The number of ether oxygens (including phenoxy) is 1. The zero-order valence-electron chi connectivity index (χ0n) is 13.2. The molecule has 2 aromatic rings. The van der Waals surface area contributed by atoms with Gasteiger partial charge in [-0.2, -0.15) is 0 Å². The van der Waals surface area contributed by atoms with Crippen LogP contribution in [0.4, 0.5) is 4.39 Å². The van der Waals surface area contributed by atoms with Crippen LogP contribution in [0.25, 0.3) is 10.1 Å². The van der Waals surface area contributed by atoms with Crippen molar-refractivity contribution in [2.75, 3.05) is 13.2 Å². The van der Waals surface area contributed by atoms with Crippen LogP contribution in [0.5, 0.6) is 0 Å². The highest BCUT2D eigenvalue weighted by Gasteiger charge is 2.18. The minimum atomic E-state index is -0.727. The van der Waals surface area contributed by atoms with Crippen LogP contribution in [-0.2, 0) is 14.3 Å². The van der Waals surface area contributed by atoms with Crippen molar-refractivity contribution in [2.24, 2.45) is 0 Å². The molecular formula is C16H17FN2O4S. The first-order valence-corrected chi connectivity index (χ1v) is 8.16. The van der Waals surface area contributed by atoms with Crippen LogP contribution in [0, 0.1) is 5.82 Å². The molecule has 0 aliphatic rings. The molecule has 24 heavy (non-hydrogen) atoms. The zero-order chi connectivity index (χ0) is 17.7. The maximum atomic E-state index is 13.6. The number of esters is 1. The Morgan fingerprint density at radius 2 is 2.08 bits per heavy atom. The van der Waals surface area contributed by atoms with Crippen LogP contribution >= 0.6 is 11.3 Å². The van der Waals surface area contributed by atoms with Gasteiger partial charge >= 0.3 is 5.97 Å². The van der Waals surface area contributed by atoms with E-state index in [1.165, 1.54) is 19.1 Å². The fourth-order valence-corrected chi connectivity index (χ4v) is 2.97. The van der Waals surface area contributed by atoms with Crippen LogP contribution in [-0.4, -0.2) is 37.0 Å². The van der Waals surface area contributed by atoms with Gasteiger partial charge in [-0.05, 0) is 32.0 Å². The number of halogens is 1. The van der Waals surface area contributed by atoms with Gasteiger partial charge < -0.3 is 15.4 Å². The highest BCUT2D eigenvalue weighted by atomic mass is 32.1. The Morgan fingerprint density at radius 1 is 1.33 bits per heavy atom. The Morgan fingerprint density at radius 3 is 2.75 bits per heavy atom. The van der Waals surface area contributed by atoms with Crippen molar-refractivity contribution in [1.82, 2.24) is 10.6 Å². The number of hydrogen-bond acceptors (Lipinski definition) is 5. The lowest BCUT2D eigenvalue weighted by Crippen LogP contribution is -2.46. The fraction of sp³-hybridized carbons (Fsp3) is 0.312. The summed E-state index contributed by atoms with van der Waals surface area (Å²) in [6, 6.07) is 5.22. The molecular weight excluding hydrogens is 335 g/mol. The number of nitrogens with one attached hydrogen (secondary N) is 2. The van der Waals surface area contributed by atoms with Gasteiger partial charge in [0.2, 0.25) is 5.91 Å². The van der Waals surface area contributed by atoms with Gasteiger partial charge in [0.15, 0.2) is 6.61 Å². The van der Waals surface area contributed by atoms with Gasteiger partial charge in [-0.25, -0.2) is 9.18 Å². The quantitative estimate of drug-likeness (QED) is 0.777. The number of benzene rings is 1. The Bertz CT molecular complexity index is 775. The summed E-state index contributed by atoms with van der Waals surface area (Å²) in [5.74, 6) is -2.04. The molecule has 0 spiro atoms. The van der Waals surface area contributed by atoms with Gasteiger partial charge in [-0.15, -0.1) is 11.3 Å². The number of amides is 2. The minimum Gasteiger partial charge on any atom is -0.451 e. The molecule has 0 radical (unpaired) electrons. The van der Waals surface area contributed by atoms with Crippen molar-refractivity contribution in [3.05, 3.63) is 35.0 Å². The summed E-state index contributed by atoms with van der Waals surface area (Å²) >= 11 is 1.09. The number of likely N-dealkylation sites (N-methyl/N-ethyl adjacent to an activating group) is 1. The van der Waals surface area contributed by atoms with Crippen molar-refractivity contribution in [3.63, 3.8) is 0 Å². The number of carbonyl (C=O) groups is 3. The van der Waals surface area contributed by atoms with E-state index in [0.717, 1.165) is 11.3 Å². The van der Waals surface area contributed by atoms with E-state index in [1.807, 2.05) is 0 Å². The van der Waals surface area contributed by atoms with E-state index in [0.29, 0.717) is 16.6 Å². The number of rotatable bonds is 6.